The van der Waals surface area contributed by atoms with Crippen molar-refractivity contribution in [2.24, 2.45) is 5.92 Å². The molecule has 0 saturated heterocycles. The molecule has 1 aromatic heterocycles. The lowest BCUT2D eigenvalue weighted by atomic mass is 10.1. The molecule has 1 unspecified atom stereocenters. The van der Waals surface area contributed by atoms with Crippen molar-refractivity contribution in [3.63, 3.8) is 0 Å². The number of rotatable bonds is 5. The molecule has 2 fully saturated rings. The second-order valence-electron chi connectivity index (χ2n) is 5.83. The number of nitrogens with zero attached hydrogens (tertiary/aromatic N) is 2. The summed E-state index contributed by atoms with van der Waals surface area (Å²) in [5.41, 5.74) is 4.00. The van der Waals surface area contributed by atoms with E-state index in [0.29, 0.717) is 6.04 Å². The highest BCUT2D eigenvalue weighted by molar-refractivity contribution is 5.25. The molecule has 0 radical (unpaired) electrons. The Bertz CT molecular complexity index is 413. The Morgan fingerprint density at radius 2 is 2.00 bits per heavy atom. The average molecular weight is 233 g/mol. The van der Waals surface area contributed by atoms with Gasteiger partial charge in [0, 0.05) is 23.8 Å². The first-order valence-electron chi connectivity index (χ1n) is 6.94. The lowest BCUT2D eigenvalue weighted by molar-refractivity contribution is 0.428. The summed E-state index contributed by atoms with van der Waals surface area (Å²) >= 11 is 0. The van der Waals surface area contributed by atoms with Gasteiger partial charge in [0.25, 0.3) is 0 Å². The van der Waals surface area contributed by atoms with Crippen LogP contribution >= 0.6 is 0 Å². The molecule has 0 amide bonds. The normalized spacial score (nSPS) is 21.8. The van der Waals surface area contributed by atoms with Gasteiger partial charge < -0.3 is 5.32 Å². The van der Waals surface area contributed by atoms with Crippen LogP contribution in [-0.2, 0) is 6.54 Å². The monoisotopic (exact) mass is 233 g/mol. The molecular formula is C14H23N3. The zero-order chi connectivity index (χ0) is 12.0. The van der Waals surface area contributed by atoms with Crippen LogP contribution in [-0.4, -0.2) is 15.8 Å². The molecule has 2 aliphatic carbocycles. The van der Waals surface area contributed by atoms with E-state index in [0.717, 1.165) is 18.5 Å². The first-order chi connectivity index (χ1) is 8.16. The highest BCUT2D eigenvalue weighted by atomic mass is 15.3. The third kappa shape index (κ3) is 2.25. The minimum atomic E-state index is 0.586. The summed E-state index contributed by atoms with van der Waals surface area (Å²) in [5.74, 6) is 0.872. The van der Waals surface area contributed by atoms with Gasteiger partial charge in [-0.05, 0) is 52.4 Å². The number of aryl methyl sites for hydroxylation is 1. The van der Waals surface area contributed by atoms with E-state index in [-0.39, 0.29) is 0 Å². The van der Waals surface area contributed by atoms with E-state index < -0.39 is 0 Å². The Labute approximate surface area is 104 Å². The van der Waals surface area contributed by atoms with Crippen LogP contribution in [0.1, 0.15) is 55.6 Å². The molecule has 1 heterocycles. The Balaban J connectivity index is 1.77. The SMILES string of the molecule is Cc1nn(C(C)C2CC2)c(C)c1CNC1CC1. The maximum Gasteiger partial charge on any atom is 0.0641 e. The number of hydrogen-bond donors (Lipinski definition) is 1. The molecular weight excluding hydrogens is 210 g/mol. The lowest BCUT2D eigenvalue weighted by Crippen LogP contribution is -2.17. The van der Waals surface area contributed by atoms with Crippen LogP contribution in [0.5, 0.6) is 0 Å². The van der Waals surface area contributed by atoms with E-state index in [2.05, 4.69) is 30.8 Å². The topological polar surface area (TPSA) is 29.9 Å². The van der Waals surface area contributed by atoms with E-state index in [9.17, 15) is 0 Å². The third-order valence-corrected chi connectivity index (χ3v) is 4.31. The lowest BCUT2D eigenvalue weighted by Gasteiger charge is -2.13. The third-order valence-electron chi connectivity index (χ3n) is 4.31. The maximum atomic E-state index is 4.75. The summed E-state index contributed by atoms with van der Waals surface area (Å²) in [6.07, 6.45) is 5.47. The number of hydrogen-bond acceptors (Lipinski definition) is 2. The Hall–Kier alpha value is -0.830. The van der Waals surface area contributed by atoms with E-state index in [4.69, 9.17) is 5.10 Å². The van der Waals surface area contributed by atoms with Gasteiger partial charge >= 0.3 is 0 Å². The molecule has 3 nitrogen and oxygen atoms in total. The minimum absolute atomic E-state index is 0.586. The molecule has 17 heavy (non-hydrogen) atoms. The van der Waals surface area contributed by atoms with Crippen molar-refractivity contribution >= 4 is 0 Å². The summed E-state index contributed by atoms with van der Waals surface area (Å²) in [7, 11) is 0. The smallest absolute Gasteiger partial charge is 0.0641 e. The van der Waals surface area contributed by atoms with Gasteiger partial charge in [-0.1, -0.05) is 0 Å². The zero-order valence-corrected chi connectivity index (χ0v) is 11.2. The molecule has 3 rings (SSSR count). The molecule has 2 saturated carbocycles. The van der Waals surface area contributed by atoms with Crippen LogP contribution in [0, 0.1) is 19.8 Å². The van der Waals surface area contributed by atoms with Crippen LogP contribution < -0.4 is 5.32 Å². The quantitative estimate of drug-likeness (QED) is 0.847. The van der Waals surface area contributed by atoms with Crippen molar-refractivity contribution in [2.45, 2.75) is 65.1 Å². The molecule has 1 aromatic rings. The largest absolute Gasteiger partial charge is 0.310 e. The molecule has 0 aromatic carbocycles. The molecule has 1 N–H and O–H groups in total. The van der Waals surface area contributed by atoms with Crippen molar-refractivity contribution in [1.29, 1.82) is 0 Å². The fourth-order valence-electron chi connectivity index (χ4n) is 2.66. The Morgan fingerprint density at radius 1 is 1.29 bits per heavy atom. The highest BCUT2D eigenvalue weighted by Gasteiger charge is 2.31. The van der Waals surface area contributed by atoms with Crippen molar-refractivity contribution in [3.8, 4) is 0 Å². The standard InChI is InChI=1S/C14H23N3/c1-9-14(8-15-13-6-7-13)11(3)17(16-9)10(2)12-4-5-12/h10,12-13,15H,4-8H2,1-3H3. The zero-order valence-electron chi connectivity index (χ0n) is 11.2. The van der Waals surface area contributed by atoms with Gasteiger partial charge in [0.2, 0.25) is 0 Å². The van der Waals surface area contributed by atoms with Crippen molar-refractivity contribution < 1.29 is 0 Å². The molecule has 0 aliphatic heterocycles. The average Bonchev–Trinajstić information content (AvgIpc) is 3.15. The van der Waals surface area contributed by atoms with Gasteiger partial charge in [-0.2, -0.15) is 5.10 Å². The van der Waals surface area contributed by atoms with E-state index >= 15 is 0 Å². The van der Waals surface area contributed by atoms with Gasteiger partial charge in [0.1, 0.15) is 0 Å². The number of nitrogens with one attached hydrogen (secondary N) is 1. The fourth-order valence-corrected chi connectivity index (χ4v) is 2.66. The van der Waals surface area contributed by atoms with Crippen LogP contribution in [0.15, 0.2) is 0 Å². The van der Waals surface area contributed by atoms with Crippen LogP contribution in [0.4, 0.5) is 0 Å². The summed E-state index contributed by atoms with van der Waals surface area (Å²) in [4.78, 5) is 0. The molecule has 0 spiro atoms. The molecule has 3 heteroatoms. The van der Waals surface area contributed by atoms with Crippen molar-refractivity contribution in [2.75, 3.05) is 0 Å². The first kappa shape index (κ1) is 11.3. The fraction of sp³-hybridized carbons (Fsp3) is 0.786. The predicted molar refractivity (Wildman–Crippen MR) is 69.0 cm³/mol. The van der Waals surface area contributed by atoms with Crippen LogP contribution in [0.25, 0.3) is 0 Å². The summed E-state index contributed by atoms with van der Waals surface area (Å²) in [6.45, 7) is 7.69. The van der Waals surface area contributed by atoms with Gasteiger partial charge in [-0.3, -0.25) is 4.68 Å². The molecule has 0 bridgehead atoms. The van der Waals surface area contributed by atoms with Crippen molar-refractivity contribution in [1.82, 2.24) is 15.1 Å². The first-order valence-corrected chi connectivity index (χ1v) is 6.94. The molecule has 94 valence electrons. The van der Waals surface area contributed by atoms with E-state index in [1.54, 1.807) is 0 Å². The summed E-state index contributed by atoms with van der Waals surface area (Å²) < 4.78 is 2.26. The van der Waals surface area contributed by atoms with E-state index in [1.165, 1.54) is 42.6 Å². The summed E-state index contributed by atoms with van der Waals surface area (Å²) in [6, 6.07) is 1.36. The van der Waals surface area contributed by atoms with Gasteiger partial charge in [-0.15, -0.1) is 0 Å². The second kappa shape index (κ2) is 4.13. The van der Waals surface area contributed by atoms with Crippen LogP contribution in [0.2, 0.25) is 0 Å². The molecule has 2 aliphatic rings. The van der Waals surface area contributed by atoms with Gasteiger partial charge in [0.15, 0.2) is 0 Å². The number of aromatic nitrogens is 2. The van der Waals surface area contributed by atoms with Gasteiger partial charge in [-0.25, -0.2) is 0 Å². The highest BCUT2D eigenvalue weighted by Crippen LogP contribution is 2.40. The van der Waals surface area contributed by atoms with E-state index in [1.807, 2.05) is 0 Å². The van der Waals surface area contributed by atoms with Crippen LogP contribution in [0.3, 0.4) is 0 Å². The Morgan fingerprint density at radius 3 is 2.59 bits per heavy atom. The predicted octanol–water partition coefficient (Wildman–Crippen LogP) is 2.72. The second-order valence-corrected chi connectivity index (χ2v) is 5.83. The molecule has 1 atom stereocenters. The Kier molecular flexibility index (Phi) is 2.74. The summed E-state index contributed by atoms with van der Waals surface area (Å²) in [5, 5.41) is 8.34. The minimum Gasteiger partial charge on any atom is -0.310 e. The van der Waals surface area contributed by atoms with Gasteiger partial charge in [0.05, 0.1) is 11.7 Å². The maximum absolute atomic E-state index is 4.75. The van der Waals surface area contributed by atoms with Crippen molar-refractivity contribution in [3.05, 3.63) is 17.0 Å².